The van der Waals surface area contributed by atoms with Crippen molar-refractivity contribution in [3.63, 3.8) is 0 Å². The van der Waals surface area contributed by atoms with Gasteiger partial charge in [0, 0.05) is 19.3 Å². The van der Waals surface area contributed by atoms with Gasteiger partial charge in [0.2, 0.25) is 0 Å². The van der Waals surface area contributed by atoms with Crippen LogP contribution in [0.5, 0.6) is 0 Å². The molecule has 1 atom stereocenters. The fourth-order valence-corrected chi connectivity index (χ4v) is 9.27. The van der Waals surface area contributed by atoms with E-state index < -0.39 is 6.10 Å². The van der Waals surface area contributed by atoms with Crippen molar-refractivity contribution in [3.05, 3.63) is 48.6 Å². The Kier molecular flexibility index (Phi) is 58.7. The van der Waals surface area contributed by atoms with Crippen LogP contribution in [0.2, 0.25) is 0 Å². The molecule has 0 aliphatic rings. The normalized spacial score (nSPS) is 12.3. The second kappa shape index (κ2) is 60.9. The molecule has 0 rings (SSSR count). The number of hydrogen-bond acceptors (Lipinski definition) is 6. The molecule has 0 aliphatic heterocycles. The molecule has 0 saturated heterocycles. The van der Waals surface area contributed by atoms with E-state index in [0.717, 1.165) is 77.0 Å². The minimum absolute atomic E-state index is 0.0732. The summed E-state index contributed by atoms with van der Waals surface area (Å²) in [5.41, 5.74) is 0. The van der Waals surface area contributed by atoms with Crippen molar-refractivity contribution in [2.24, 2.45) is 0 Å². The topological polar surface area (TPSA) is 78.9 Å². The summed E-state index contributed by atoms with van der Waals surface area (Å²) in [5, 5.41) is 0. The van der Waals surface area contributed by atoms with Crippen LogP contribution in [0.25, 0.3) is 0 Å². The molecular weight excluding hydrogens is 889 g/mol. The maximum Gasteiger partial charge on any atom is 0.306 e. The molecule has 420 valence electrons. The van der Waals surface area contributed by atoms with Crippen LogP contribution in [0.4, 0.5) is 0 Å². The lowest BCUT2D eigenvalue weighted by atomic mass is 10.0. The van der Waals surface area contributed by atoms with Gasteiger partial charge in [-0.15, -0.1) is 0 Å². The SMILES string of the molecule is CCCCCCC/C=C\C/C=C\C/C=C\CCCCCCCCCCCCCCC(=O)OCC(COC(=O)CCCCCCCCCCCCC)OC(=O)CCCCCCC/C=C\CCCCCCCCC. The second-order valence-corrected chi connectivity index (χ2v) is 21.3. The van der Waals surface area contributed by atoms with E-state index in [1.807, 2.05) is 0 Å². The third-order valence-corrected chi connectivity index (χ3v) is 14.1. The molecule has 0 saturated carbocycles. The van der Waals surface area contributed by atoms with Crippen LogP contribution < -0.4 is 0 Å². The van der Waals surface area contributed by atoms with Gasteiger partial charge < -0.3 is 14.2 Å². The number of carbonyl (C=O) groups is 3. The Balaban J connectivity index is 4.21. The van der Waals surface area contributed by atoms with E-state index in [1.54, 1.807) is 0 Å². The molecule has 0 aliphatic carbocycles. The van der Waals surface area contributed by atoms with Crippen molar-refractivity contribution in [1.82, 2.24) is 0 Å². The first-order chi connectivity index (χ1) is 35.5. The first kappa shape index (κ1) is 69.4. The summed E-state index contributed by atoms with van der Waals surface area (Å²) in [6.45, 7) is 6.65. The van der Waals surface area contributed by atoms with Crippen LogP contribution in [-0.2, 0) is 28.6 Å². The standard InChI is InChI=1S/C66H120O6/c1-4-7-10-13-16-19-22-24-26-28-29-30-31-32-33-34-35-36-37-38-40-41-44-47-50-53-56-59-65(68)71-62-63(61-70-64(67)58-55-52-49-46-43-21-18-15-12-9-6-3)72-66(69)60-57-54-51-48-45-42-39-27-25-23-20-17-14-11-8-5-2/h22,24,27-29,31-32,39,63H,4-21,23,25-26,30,33-38,40-62H2,1-3H3/b24-22-,29-28-,32-31-,39-27-. The van der Waals surface area contributed by atoms with E-state index in [2.05, 4.69) is 69.4 Å². The van der Waals surface area contributed by atoms with E-state index in [9.17, 15) is 14.4 Å². The van der Waals surface area contributed by atoms with Gasteiger partial charge in [-0.25, -0.2) is 0 Å². The zero-order valence-electron chi connectivity index (χ0n) is 48.2. The van der Waals surface area contributed by atoms with E-state index >= 15 is 0 Å². The maximum atomic E-state index is 12.9. The number of unbranched alkanes of at least 4 members (excludes halogenated alkanes) is 39. The molecule has 0 aromatic heterocycles. The molecule has 0 fully saturated rings. The molecule has 0 radical (unpaired) electrons. The van der Waals surface area contributed by atoms with E-state index in [0.29, 0.717) is 19.3 Å². The third kappa shape index (κ3) is 58.3. The molecule has 0 bridgehead atoms. The van der Waals surface area contributed by atoms with E-state index in [-0.39, 0.29) is 31.1 Å². The summed E-state index contributed by atoms with van der Waals surface area (Å²) in [5.74, 6) is -0.867. The van der Waals surface area contributed by atoms with E-state index in [4.69, 9.17) is 14.2 Å². The lowest BCUT2D eigenvalue weighted by Crippen LogP contribution is -2.30. The molecule has 0 aromatic rings. The van der Waals surface area contributed by atoms with Gasteiger partial charge in [-0.1, -0.05) is 281 Å². The van der Waals surface area contributed by atoms with Crippen LogP contribution >= 0.6 is 0 Å². The minimum atomic E-state index is -0.775. The van der Waals surface area contributed by atoms with Gasteiger partial charge in [-0.3, -0.25) is 14.4 Å². The largest absolute Gasteiger partial charge is 0.462 e. The fraction of sp³-hybridized carbons (Fsp3) is 0.833. The molecule has 0 N–H and O–H groups in total. The van der Waals surface area contributed by atoms with Gasteiger partial charge >= 0.3 is 17.9 Å². The highest BCUT2D eigenvalue weighted by Gasteiger charge is 2.19. The monoisotopic (exact) mass is 1010 g/mol. The van der Waals surface area contributed by atoms with Gasteiger partial charge in [0.05, 0.1) is 0 Å². The number of carbonyl (C=O) groups excluding carboxylic acids is 3. The van der Waals surface area contributed by atoms with Gasteiger partial charge in [0.25, 0.3) is 0 Å². The molecule has 0 spiro atoms. The summed E-state index contributed by atoms with van der Waals surface area (Å²) in [4.78, 5) is 38.2. The summed E-state index contributed by atoms with van der Waals surface area (Å²) in [7, 11) is 0. The average Bonchev–Trinajstić information content (AvgIpc) is 3.38. The Morgan fingerprint density at radius 1 is 0.278 bits per heavy atom. The Morgan fingerprint density at radius 3 is 0.792 bits per heavy atom. The number of rotatable bonds is 58. The third-order valence-electron chi connectivity index (χ3n) is 14.1. The van der Waals surface area contributed by atoms with E-state index in [1.165, 1.54) is 218 Å². The Bertz CT molecular complexity index is 1250. The van der Waals surface area contributed by atoms with Crippen molar-refractivity contribution in [1.29, 1.82) is 0 Å². The molecule has 6 heteroatoms. The smallest absolute Gasteiger partial charge is 0.306 e. The predicted molar refractivity (Wildman–Crippen MR) is 312 cm³/mol. The molecule has 0 amide bonds. The van der Waals surface area contributed by atoms with Crippen molar-refractivity contribution < 1.29 is 28.6 Å². The summed E-state index contributed by atoms with van der Waals surface area (Å²) >= 11 is 0. The average molecular weight is 1010 g/mol. The van der Waals surface area contributed by atoms with Gasteiger partial charge in [-0.05, 0) is 83.5 Å². The van der Waals surface area contributed by atoms with Gasteiger partial charge in [0.15, 0.2) is 6.10 Å². The number of esters is 3. The predicted octanol–water partition coefficient (Wildman–Crippen LogP) is 21.4. The highest BCUT2D eigenvalue weighted by molar-refractivity contribution is 5.71. The lowest BCUT2D eigenvalue weighted by molar-refractivity contribution is -0.167. The summed E-state index contributed by atoms with van der Waals surface area (Å²) in [6, 6.07) is 0. The van der Waals surface area contributed by atoms with Gasteiger partial charge in [0.1, 0.15) is 13.2 Å². The molecule has 0 aromatic carbocycles. The number of hydrogen-bond donors (Lipinski definition) is 0. The molecule has 0 heterocycles. The maximum absolute atomic E-state index is 12.9. The minimum Gasteiger partial charge on any atom is -0.462 e. The first-order valence-corrected chi connectivity index (χ1v) is 31.6. The second-order valence-electron chi connectivity index (χ2n) is 21.3. The summed E-state index contributed by atoms with van der Waals surface area (Å²) < 4.78 is 16.9. The van der Waals surface area contributed by atoms with Crippen LogP contribution in [-0.4, -0.2) is 37.2 Å². The van der Waals surface area contributed by atoms with Crippen molar-refractivity contribution in [2.45, 2.75) is 341 Å². The zero-order valence-corrected chi connectivity index (χ0v) is 48.2. The van der Waals surface area contributed by atoms with Crippen molar-refractivity contribution >= 4 is 17.9 Å². The van der Waals surface area contributed by atoms with Gasteiger partial charge in [-0.2, -0.15) is 0 Å². The van der Waals surface area contributed by atoms with Crippen molar-refractivity contribution in [2.75, 3.05) is 13.2 Å². The van der Waals surface area contributed by atoms with Crippen LogP contribution in [0.3, 0.4) is 0 Å². The highest BCUT2D eigenvalue weighted by atomic mass is 16.6. The highest BCUT2D eigenvalue weighted by Crippen LogP contribution is 2.17. The molecule has 1 unspecified atom stereocenters. The Morgan fingerprint density at radius 2 is 0.500 bits per heavy atom. The number of ether oxygens (including phenoxy) is 3. The lowest BCUT2D eigenvalue weighted by Gasteiger charge is -2.18. The molecule has 6 nitrogen and oxygen atoms in total. The Hall–Kier alpha value is -2.63. The number of allylic oxidation sites excluding steroid dienone is 8. The van der Waals surface area contributed by atoms with Crippen LogP contribution in [0.1, 0.15) is 335 Å². The van der Waals surface area contributed by atoms with Crippen LogP contribution in [0, 0.1) is 0 Å². The fourth-order valence-electron chi connectivity index (χ4n) is 9.27. The van der Waals surface area contributed by atoms with Crippen molar-refractivity contribution in [3.8, 4) is 0 Å². The first-order valence-electron chi connectivity index (χ1n) is 31.6. The molecular formula is C66H120O6. The quantitative estimate of drug-likeness (QED) is 0.0261. The van der Waals surface area contributed by atoms with Crippen LogP contribution in [0.15, 0.2) is 48.6 Å². The Labute approximate surface area is 448 Å². The summed E-state index contributed by atoms with van der Waals surface area (Å²) in [6.07, 6.45) is 75.5. The zero-order chi connectivity index (χ0) is 52.2. The molecule has 72 heavy (non-hydrogen) atoms.